The Labute approximate surface area is 76.4 Å². The van der Waals surface area contributed by atoms with E-state index in [0.717, 1.165) is 4.68 Å². The highest BCUT2D eigenvalue weighted by Crippen LogP contribution is 2.07. The summed E-state index contributed by atoms with van der Waals surface area (Å²) < 4.78 is 0.797. The molecule has 0 saturated carbocycles. The van der Waals surface area contributed by atoms with E-state index >= 15 is 0 Å². The van der Waals surface area contributed by atoms with Crippen molar-refractivity contribution in [2.75, 3.05) is 0 Å². The lowest BCUT2D eigenvalue weighted by molar-refractivity contribution is 0.222. The van der Waals surface area contributed by atoms with Crippen molar-refractivity contribution < 1.29 is 9.90 Å². The van der Waals surface area contributed by atoms with Crippen molar-refractivity contribution in [3.05, 3.63) is 12.3 Å². The van der Waals surface area contributed by atoms with Gasteiger partial charge < -0.3 is 5.32 Å². The molecule has 0 bridgehead atoms. The normalized spacial score (nSPS) is 11.3. The third-order valence-electron chi connectivity index (χ3n) is 1.28. The number of hydrogen-bond donors (Lipinski definition) is 1. The lowest BCUT2D eigenvalue weighted by Gasteiger charge is -2.19. The first kappa shape index (κ1) is 9.57. The molecule has 1 amide bonds. The Morgan fingerprint density at radius 1 is 1.54 bits per heavy atom. The zero-order chi connectivity index (χ0) is 10.1. The first-order chi connectivity index (χ1) is 5.90. The van der Waals surface area contributed by atoms with Crippen LogP contribution in [0, 0.1) is 0 Å². The van der Waals surface area contributed by atoms with Gasteiger partial charge in [0.2, 0.25) is 0 Å². The highest BCUT2D eigenvalue weighted by atomic mass is 16.3. The molecule has 1 aromatic rings. The molecule has 0 aromatic carbocycles. The maximum absolute atomic E-state index is 11.3. The summed E-state index contributed by atoms with van der Waals surface area (Å²) in [6.07, 6.45) is 1.30. The van der Waals surface area contributed by atoms with Crippen molar-refractivity contribution in [2.45, 2.75) is 26.3 Å². The summed E-state index contributed by atoms with van der Waals surface area (Å²) in [6.45, 7) is 5.50. The molecule has 0 aliphatic heterocycles. The summed E-state index contributed by atoms with van der Waals surface area (Å²) in [6, 6.07) is 0.741. The second kappa shape index (κ2) is 3.08. The van der Waals surface area contributed by atoms with E-state index in [-0.39, 0.29) is 5.54 Å². The quantitative estimate of drug-likeness (QED) is 0.658. The van der Waals surface area contributed by atoms with Gasteiger partial charge in [0.1, 0.15) is 0 Å². The maximum atomic E-state index is 11.3. The molecule has 1 heterocycles. The predicted molar refractivity (Wildman–Crippen MR) is 46.0 cm³/mol. The standard InChI is InChI=1S/C8H12N3O2/c1-8(2,3)10-7(13)11-6(12)4-5-9-11/h4-5H,1-3H3,(H,10,13). The van der Waals surface area contributed by atoms with Gasteiger partial charge in [-0.2, -0.15) is 5.10 Å². The number of amides is 1. The van der Waals surface area contributed by atoms with Gasteiger partial charge in [0.15, 0.2) is 0 Å². The summed E-state index contributed by atoms with van der Waals surface area (Å²) in [5, 5.41) is 17.2. The zero-order valence-corrected chi connectivity index (χ0v) is 7.87. The Hall–Kier alpha value is -1.52. The lowest BCUT2D eigenvalue weighted by atomic mass is 10.1. The molecule has 1 radical (unpaired) electrons. The Morgan fingerprint density at radius 3 is 2.54 bits per heavy atom. The first-order valence-corrected chi connectivity index (χ1v) is 3.94. The summed E-state index contributed by atoms with van der Waals surface area (Å²) >= 11 is 0. The predicted octanol–water partition coefficient (Wildman–Crippen LogP) is 1.38. The van der Waals surface area contributed by atoms with Crippen LogP contribution in [0.3, 0.4) is 0 Å². The highest BCUT2D eigenvalue weighted by molar-refractivity contribution is 5.77. The average molecular weight is 182 g/mol. The molecule has 0 aliphatic carbocycles. The molecular formula is C8H12N3O2. The van der Waals surface area contributed by atoms with Crippen LogP contribution in [0.4, 0.5) is 4.79 Å². The van der Waals surface area contributed by atoms with E-state index in [0.29, 0.717) is 0 Å². The molecule has 13 heavy (non-hydrogen) atoms. The summed E-state index contributed by atoms with van der Waals surface area (Å²) in [7, 11) is 0. The largest absolute Gasteiger partial charge is 0.345 e. The second-order valence-electron chi connectivity index (χ2n) is 3.76. The van der Waals surface area contributed by atoms with Crippen LogP contribution in [0.1, 0.15) is 20.8 Å². The second-order valence-corrected chi connectivity index (χ2v) is 3.76. The molecule has 0 aliphatic rings. The Balaban J connectivity index is 2.76. The SMILES string of the molecule is CC(C)(C)NC(=O)n1nccc1[O]. The van der Waals surface area contributed by atoms with Crippen LogP contribution < -0.4 is 5.32 Å². The number of aromatic nitrogens is 2. The van der Waals surface area contributed by atoms with Gasteiger partial charge in [0, 0.05) is 11.6 Å². The van der Waals surface area contributed by atoms with E-state index < -0.39 is 11.9 Å². The van der Waals surface area contributed by atoms with Crippen molar-refractivity contribution >= 4 is 6.03 Å². The van der Waals surface area contributed by atoms with Gasteiger partial charge in [0.25, 0.3) is 5.88 Å². The molecule has 0 unspecified atom stereocenters. The summed E-state index contributed by atoms with van der Waals surface area (Å²) in [5.74, 6) is -0.415. The average Bonchev–Trinajstić information content (AvgIpc) is 2.30. The molecule has 5 nitrogen and oxygen atoms in total. The van der Waals surface area contributed by atoms with Crippen molar-refractivity contribution in [1.29, 1.82) is 0 Å². The van der Waals surface area contributed by atoms with Crippen LogP contribution in [0.2, 0.25) is 0 Å². The van der Waals surface area contributed by atoms with E-state index in [1.807, 2.05) is 20.8 Å². The molecule has 71 valence electrons. The number of carbonyl (C=O) groups is 1. The minimum Gasteiger partial charge on any atom is -0.331 e. The molecule has 0 spiro atoms. The molecular weight excluding hydrogens is 170 g/mol. The highest BCUT2D eigenvalue weighted by Gasteiger charge is 2.17. The van der Waals surface area contributed by atoms with E-state index in [2.05, 4.69) is 10.4 Å². The van der Waals surface area contributed by atoms with Gasteiger partial charge >= 0.3 is 6.03 Å². The molecule has 0 fully saturated rings. The van der Waals surface area contributed by atoms with E-state index in [1.165, 1.54) is 12.3 Å². The lowest BCUT2D eigenvalue weighted by Crippen LogP contribution is -2.43. The molecule has 0 saturated heterocycles. The van der Waals surface area contributed by atoms with Gasteiger partial charge in [-0.05, 0) is 20.8 Å². The minimum absolute atomic E-state index is 0.366. The van der Waals surface area contributed by atoms with Crippen LogP contribution >= 0.6 is 0 Å². The van der Waals surface area contributed by atoms with Gasteiger partial charge in [0.05, 0.1) is 6.20 Å². The molecule has 1 N–H and O–H groups in total. The van der Waals surface area contributed by atoms with E-state index in [4.69, 9.17) is 0 Å². The Morgan fingerprint density at radius 2 is 2.15 bits per heavy atom. The molecule has 1 aromatic heterocycles. The Kier molecular flexibility index (Phi) is 2.27. The fourth-order valence-electron chi connectivity index (χ4n) is 0.818. The number of hydrogen-bond acceptors (Lipinski definition) is 2. The zero-order valence-electron chi connectivity index (χ0n) is 7.87. The van der Waals surface area contributed by atoms with E-state index in [9.17, 15) is 9.90 Å². The molecule has 5 heteroatoms. The molecule has 0 atom stereocenters. The number of nitrogens with zero attached hydrogens (tertiary/aromatic N) is 2. The van der Waals surface area contributed by atoms with Gasteiger partial charge in [-0.15, -0.1) is 4.68 Å². The fourth-order valence-corrected chi connectivity index (χ4v) is 0.818. The third kappa shape index (κ3) is 2.47. The Bertz CT molecular complexity index is 311. The number of carbonyl (C=O) groups excluding carboxylic acids is 1. The smallest absolute Gasteiger partial charge is 0.331 e. The van der Waals surface area contributed by atoms with Gasteiger partial charge in [-0.3, -0.25) is 5.11 Å². The van der Waals surface area contributed by atoms with Crippen molar-refractivity contribution in [1.82, 2.24) is 15.1 Å². The van der Waals surface area contributed by atoms with Gasteiger partial charge in [-0.1, -0.05) is 0 Å². The van der Waals surface area contributed by atoms with Crippen LogP contribution in [-0.4, -0.2) is 21.4 Å². The number of nitrogens with one attached hydrogen (secondary N) is 1. The van der Waals surface area contributed by atoms with Crippen LogP contribution in [-0.2, 0) is 5.11 Å². The van der Waals surface area contributed by atoms with Crippen LogP contribution in [0.15, 0.2) is 12.3 Å². The van der Waals surface area contributed by atoms with Crippen molar-refractivity contribution in [3.8, 4) is 5.88 Å². The van der Waals surface area contributed by atoms with E-state index in [1.54, 1.807) is 0 Å². The first-order valence-electron chi connectivity index (χ1n) is 3.94. The summed E-state index contributed by atoms with van der Waals surface area (Å²) in [4.78, 5) is 11.3. The van der Waals surface area contributed by atoms with Crippen LogP contribution in [0.5, 0.6) is 5.88 Å². The third-order valence-corrected chi connectivity index (χ3v) is 1.28. The number of rotatable bonds is 0. The minimum atomic E-state index is -0.498. The topological polar surface area (TPSA) is 66.8 Å². The van der Waals surface area contributed by atoms with Crippen molar-refractivity contribution in [3.63, 3.8) is 0 Å². The molecule has 1 rings (SSSR count). The van der Waals surface area contributed by atoms with Crippen molar-refractivity contribution in [2.24, 2.45) is 0 Å². The maximum Gasteiger partial charge on any atom is 0.345 e. The monoisotopic (exact) mass is 182 g/mol. The van der Waals surface area contributed by atoms with Gasteiger partial charge in [-0.25, -0.2) is 4.79 Å². The van der Waals surface area contributed by atoms with Crippen LogP contribution in [0.25, 0.3) is 0 Å². The fraction of sp³-hybridized carbons (Fsp3) is 0.500. The summed E-state index contributed by atoms with van der Waals surface area (Å²) in [5.41, 5.74) is -0.366.